The Morgan fingerprint density at radius 3 is 2.41 bits per heavy atom. The first kappa shape index (κ1) is 20.2. The molecule has 0 spiro atoms. The lowest BCUT2D eigenvalue weighted by atomic mass is 10.2. The Hall–Kier alpha value is -2.06. The van der Waals surface area contributed by atoms with Gasteiger partial charge in [-0.15, -0.1) is 11.3 Å². The van der Waals surface area contributed by atoms with Crippen LogP contribution < -0.4 is 0 Å². The minimum absolute atomic E-state index is 0.420. The number of benzene rings is 2. The zero-order valence-electron chi connectivity index (χ0n) is 16.7. The van der Waals surface area contributed by atoms with Crippen LogP contribution in [-0.4, -0.2) is 48.8 Å². The van der Waals surface area contributed by atoms with E-state index in [1.807, 2.05) is 44.2 Å². The maximum atomic E-state index is 13.0. The molecule has 1 aliphatic heterocycles. The van der Waals surface area contributed by atoms with E-state index in [2.05, 4.69) is 22.4 Å². The fraction of sp³-hybridized carbons (Fsp3) is 0.318. The van der Waals surface area contributed by atoms with Crippen LogP contribution in [0.2, 0.25) is 0 Å². The zero-order chi connectivity index (χ0) is 20.4. The molecule has 0 unspecified atom stereocenters. The van der Waals surface area contributed by atoms with Gasteiger partial charge in [0.05, 0.1) is 17.1 Å². The molecule has 0 N–H and O–H groups in total. The Bertz CT molecular complexity index is 1090. The summed E-state index contributed by atoms with van der Waals surface area (Å²) in [6.45, 7) is 7.04. The number of piperazine rings is 1. The van der Waals surface area contributed by atoms with Crippen LogP contribution in [0.5, 0.6) is 0 Å². The average Bonchev–Trinajstić information content (AvgIpc) is 3.17. The van der Waals surface area contributed by atoms with Gasteiger partial charge in [0.15, 0.2) is 0 Å². The Morgan fingerprint density at radius 2 is 1.72 bits per heavy atom. The SMILES string of the molecule is Cc1ccc(S(=O)(=O)N2CCN(Cc3nc(-c4ccccc4)cs3)CC2)c(C)c1. The van der Waals surface area contributed by atoms with E-state index in [1.54, 1.807) is 21.7 Å². The monoisotopic (exact) mass is 427 g/mol. The summed E-state index contributed by atoms with van der Waals surface area (Å²) in [5.41, 5.74) is 4.01. The number of hydrogen-bond donors (Lipinski definition) is 0. The number of thiazole rings is 1. The quantitative estimate of drug-likeness (QED) is 0.619. The Morgan fingerprint density at radius 1 is 1.00 bits per heavy atom. The molecule has 1 fully saturated rings. The third-order valence-corrected chi connectivity index (χ3v) is 8.15. The molecule has 4 rings (SSSR count). The largest absolute Gasteiger partial charge is 0.294 e. The van der Waals surface area contributed by atoms with Crippen LogP contribution >= 0.6 is 11.3 Å². The lowest BCUT2D eigenvalue weighted by Gasteiger charge is -2.33. The maximum Gasteiger partial charge on any atom is 0.243 e. The number of aryl methyl sites for hydroxylation is 2. The van der Waals surface area contributed by atoms with Gasteiger partial charge in [-0.3, -0.25) is 4.90 Å². The van der Waals surface area contributed by atoms with Crippen LogP contribution in [0.4, 0.5) is 0 Å². The standard InChI is InChI=1S/C22H25N3O2S2/c1-17-8-9-21(18(2)14-17)29(26,27)25-12-10-24(11-13-25)15-22-23-20(16-28-22)19-6-4-3-5-7-19/h3-9,14,16H,10-13,15H2,1-2H3. The second kappa shape index (κ2) is 8.36. The van der Waals surface area contributed by atoms with E-state index in [4.69, 9.17) is 4.98 Å². The fourth-order valence-electron chi connectivity index (χ4n) is 3.67. The molecule has 5 nitrogen and oxygen atoms in total. The molecule has 0 bridgehead atoms. The van der Waals surface area contributed by atoms with E-state index < -0.39 is 10.0 Å². The predicted molar refractivity (Wildman–Crippen MR) is 118 cm³/mol. The van der Waals surface area contributed by atoms with Gasteiger partial charge in [0, 0.05) is 37.1 Å². The molecule has 7 heteroatoms. The van der Waals surface area contributed by atoms with E-state index in [0.717, 1.165) is 33.9 Å². The van der Waals surface area contributed by atoms with Crippen molar-refractivity contribution in [2.75, 3.05) is 26.2 Å². The molecule has 0 saturated carbocycles. The lowest BCUT2D eigenvalue weighted by Crippen LogP contribution is -2.48. The summed E-state index contributed by atoms with van der Waals surface area (Å²) >= 11 is 1.66. The molecule has 2 aromatic carbocycles. The second-order valence-corrected chi connectivity index (χ2v) is 10.3. The van der Waals surface area contributed by atoms with Crippen molar-refractivity contribution in [3.63, 3.8) is 0 Å². The summed E-state index contributed by atoms with van der Waals surface area (Å²) < 4.78 is 27.7. The van der Waals surface area contributed by atoms with Gasteiger partial charge < -0.3 is 0 Å². The van der Waals surface area contributed by atoms with E-state index in [0.29, 0.717) is 31.1 Å². The highest BCUT2D eigenvalue weighted by molar-refractivity contribution is 7.89. The number of rotatable bonds is 5. The van der Waals surface area contributed by atoms with Crippen molar-refractivity contribution < 1.29 is 8.42 Å². The molecule has 0 atom stereocenters. The Labute approximate surface area is 176 Å². The van der Waals surface area contributed by atoms with Gasteiger partial charge in [0.1, 0.15) is 5.01 Å². The highest BCUT2D eigenvalue weighted by Crippen LogP contribution is 2.25. The highest BCUT2D eigenvalue weighted by Gasteiger charge is 2.29. The van der Waals surface area contributed by atoms with Crippen LogP contribution in [0.3, 0.4) is 0 Å². The molecule has 0 aliphatic carbocycles. The lowest BCUT2D eigenvalue weighted by molar-refractivity contribution is 0.181. The summed E-state index contributed by atoms with van der Waals surface area (Å²) in [6.07, 6.45) is 0. The first-order valence-corrected chi connectivity index (χ1v) is 12.0. The van der Waals surface area contributed by atoms with Gasteiger partial charge in [0.25, 0.3) is 0 Å². The van der Waals surface area contributed by atoms with E-state index >= 15 is 0 Å². The van der Waals surface area contributed by atoms with Gasteiger partial charge in [-0.05, 0) is 25.5 Å². The Balaban J connectivity index is 1.39. The molecule has 1 aliphatic rings. The molecule has 0 radical (unpaired) electrons. The van der Waals surface area contributed by atoms with Crippen LogP contribution in [0.1, 0.15) is 16.1 Å². The molecule has 1 saturated heterocycles. The van der Waals surface area contributed by atoms with Gasteiger partial charge in [0.2, 0.25) is 10.0 Å². The highest BCUT2D eigenvalue weighted by atomic mass is 32.2. The van der Waals surface area contributed by atoms with Crippen molar-refractivity contribution in [3.8, 4) is 11.3 Å². The van der Waals surface area contributed by atoms with Crippen molar-refractivity contribution in [1.29, 1.82) is 0 Å². The summed E-state index contributed by atoms with van der Waals surface area (Å²) in [5.74, 6) is 0. The minimum Gasteiger partial charge on any atom is -0.294 e. The molecule has 2 heterocycles. The van der Waals surface area contributed by atoms with Crippen LogP contribution in [0, 0.1) is 13.8 Å². The number of sulfonamides is 1. The molecule has 1 aromatic heterocycles. The van der Waals surface area contributed by atoms with E-state index in [9.17, 15) is 8.42 Å². The van der Waals surface area contributed by atoms with E-state index in [-0.39, 0.29) is 0 Å². The number of nitrogens with zero attached hydrogens (tertiary/aromatic N) is 3. The van der Waals surface area contributed by atoms with E-state index in [1.165, 1.54) is 0 Å². The first-order chi connectivity index (χ1) is 13.9. The number of aromatic nitrogens is 1. The van der Waals surface area contributed by atoms with Crippen LogP contribution in [0.15, 0.2) is 58.8 Å². The Kier molecular flexibility index (Phi) is 5.83. The summed E-state index contributed by atoms with van der Waals surface area (Å²) in [7, 11) is -3.44. The van der Waals surface area contributed by atoms with Gasteiger partial charge in [-0.25, -0.2) is 13.4 Å². The molecule has 29 heavy (non-hydrogen) atoms. The second-order valence-electron chi connectivity index (χ2n) is 7.44. The smallest absolute Gasteiger partial charge is 0.243 e. The van der Waals surface area contributed by atoms with Crippen molar-refractivity contribution in [2.24, 2.45) is 0 Å². The molecule has 3 aromatic rings. The normalized spacial score (nSPS) is 16.2. The van der Waals surface area contributed by atoms with Crippen molar-refractivity contribution in [1.82, 2.24) is 14.2 Å². The third-order valence-electron chi connectivity index (χ3n) is 5.26. The summed E-state index contributed by atoms with van der Waals surface area (Å²) in [4.78, 5) is 7.45. The van der Waals surface area contributed by atoms with Gasteiger partial charge in [-0.2, -0.15) is 4.31 Å². The minimum atomic E-state index is -3.44. The summed E-state index contributed by atoms with van der Waals surface area (Å²) in [5, 5.41) is 3.15. The number of hydrogen-bond acceptors (Lipinski definition) is 5. The molecular weight excluding hydrogens is 402 g/mol. The van der Waals surface area contributed by atoms with Gasteiger partial charge >= 0.3 is 0 Å². The molecular formula is C22H25N3O2S2. The molecule has 152 valence electrons. The van der Waals surface area contributed by atoms with Crippen molar-refractivity contribution in [3.05, 3.63) is 70.0 Å². The fourth-order valence-corrected chi connectivity index (χ4v) is 6.14. The van der Waals surface area contributed by atoms with Crippen LogP contribution in [0.25, 0.3) is 11.3 Å². The first-order valence-electron chi connectivity index (χ1n) is 9.73. The predicted octanol–water partition coefficient (Wildman–Crippen LogP) is 3.93. The maximum absolute atomic E-state index is 13.0. The zero-order valence-corrected chi connectivity index (χ0v) is 18.3. The molecule has 0 amide bonds. The van der Waals surface area contributed by atoms with Gasteiger partial charge in [-0.1, -0.05) is 48.0 Å². The summed E-state index contributed by atoms with van der Waals surface area (Å²) in [6, 6.07) is 15.7. The van der Waals surface area contributed by atoms with Crippen molar-refractivity contribution >= 4 is 21.4 Å². The van der Waals surface area contributed by atoms with Crippen LogP contribution in [-0.2, 0) is 16.6 Å². The topological polar surface area (TPSA) is 53.5 Å². The third kappa shape index (κ3) is 4.43. The average molecular weight is 428 g/mol. The van der Waals surface area contributed by atoms with Crippen molar-refractivity contribution in [2.45, 2.75) is 25.3 Å².